The average Bonchev–Trinajstić information content (AvgIpc) is 2.87. The average molecular weight is 532 g/mol. The summed E-state index contributed by atoms with van der Waals surface area (Å²) in [5.74, 6) is -1.96. The monoisotopic (exact) mass is 531 g/mol. The van der Waals surface area contributed by atoms with E-state index in [1.165, 1.54) is 18.2 Å². The van der Waals surface area contributed by atoms with Crippen LogP contribution in [0.3, 0.4) is 0 Å². The maximum Gasteiger partial charge on any atom is 0.453 e. The van der Waals surface area contributed by atoms with Crippen LogP contribution in [0.4, 0.5) is 13.2 Å². The number of halogens is 4. The second-order valence-electron chi connectivity index (χ2n) is 8.37. The van der Waals surface area contributed by atoms with Crippen LogP contribution in [0.25, 0.3) is 11.0 Å². The highest BCUT2D eigenvalue weighted by atomic mass is 35.5. The fraction of sp³-hybridized carbons (Fsp3) is 0.222. The molecule has 1 aromatic heterocycles. The Hall–Kier alpha value is -3.69. The lowest BCUT2D eigenvalue weighted by atomic mass is 10.1. The Morgan fingerprint density at radius 2 is 1.76 bits per heavy atom. The molecule has 37 heavy (non-hydrogen) atoms. The first-order chi connectivity index (χ1) is 17.7. The van der Waals surface area contributed by atoms with Gasteiger partial charge in [0, 0.05) is 18.1 Å². The van der Waals surface area contributed by atoms with E-state index in [-0.39, 0.29) is 42.4 Å². The van der Waals surface area contributed by atoms with Gasteiger partial charge in [-0.2, -0.15) is 13.2 Å². The topological polar surface area (TPSA) is 61.1 Å². The van der Waals surface area contributed by atoms with Crippen LogP contribution in [0.5, 0.6) is 23.0 Å². The van der Waals surface area contributed by atoms with Crippen LogP contribution in [-0.2, 0) is 19.3 Å². The summed E-state index contributed by atoms with van der Waals surface area (Å²) in [5, 5.41) is 0.547. The minimum atomic E-state index is -5.00. The summed E-state index contributed by atoms with van der Waals surface area (Å²) >= 11 is 5.95. The van der Waals surface area contributed by atoms with Crippen molar-refractivity contribution < 1.29 is 31.8 Å². The van der Waals surface area contributed by atoms with E-state index in [0.717, 1.165) is 5.56 Å². The minimum Gasteiger partial charge on any atom is -0.490 e. The van der Waals surface area contributed by atoms with Crippen LogP contribution in [0.1, 0.15) is 23.8 Å². The third-order valence-electron chi connectivity index (χ3n) is 5.80. The summed E-state index contributed by atoms with van der Waals surface area (Å²) in [4.78, 5) is 15.2. The SMILES string of the molecule is CCOc1ccccc1Oc1c(C(F)(F)F)oc2c3c(ccc2c1=O)OCN(Cc1ccc(Cl)cc1)C3. The molecule has 0 spiro atoms. The van der Waals surface area contributed by atoms with Crippen molar-refractivity contribution in [2.45, 2.75) is 26.2 Å². The van der Waals surface area contributed by atoms with E-state index < -0.39 is 23.1 Å². The minimum absolute atomic E-state index is 0.0306. The van der Waals surface area contributed by atoms with Gasteiger partial charge in [-0.25, -0.2) is 0 Å². The number of benzene rings is 3. The smallest absolute Gasteiger partial charge is 0.453 e. The second kappa shape index (κ2) is 9.99. The summed E-state index contributed by atoms with van der Waals surface area (Å²) in [7, 11) is 0. The Bertz CT molecular complexity index is 1500. The Balaban J connectivity index is 1.58. The molecular formula is C27H21ClF3NO5. The van der Waals surface area contributed by atoms with Gasteiger partial charge in [0.15, 0.2) is 11.5 Å². The lowest BCUT2D eigenvalue weighted by Gasteiger charge is -2.29. The van der Waals surface area contributed by atoms with Gasteiger partial charge in [-0.3, -0.25) is 9.69 Å². The van der Waals surface area contributed by atoms with Crippen LogP contribution in [-0.4, -0.2) is 18.2 Å². The van der Waals surface area contributed by atoms with Gasteiger partial charge in [-0.1, -0.05) is 35.9 Å². The molecule has 0 bridgehead atoms. The van der Waals surface area contributed by atoms with E-state index in [2.05, 4.69) is 0 Å². The number of para-hydroxylation sites is 2. The summed E-state index contributed by atoms with van der Waals surface area (Å²) in [6, 6.07) is 16.3. The van der Waals surface area contributed by atoms with Crippen LogP contribution in [0.2, 0.25) is 5.02 Å². The van der Waals surface area contributed by atoms with E-state index in [4.69, 9.17) is 30.2 Å². The Morgan fingerprint density at radius 3 is 2.46 bits per heavy atom. The standard InChI is InChI=1S/C27H21ClF3NO5/c1-2-34-21-5-3-4-6-22(21)36-25-23(33)18-11-12-20-19(24(18)37-26(25)27(29,30)31)14-32(15-35-20)13-16-7-9-17(28)10-8-16/h3-12H,2,13-15H2,1H3. The van der Waals surface area contributed by atoms with E-state index in [1.54, 1.807) is 37.3 Å². The lowest BCUT2D eigenvalue weighted by molar-refractivity contribution is -0.154. The van der Waals surface area contributed by atoms with E-state index >= 15 is 0 Å². The lowest BCUT2D eigenvalue weighted by Crippen LogP contribution is -2.32. The summed E-state index contributed by atoms with van der Waals surface area (Å²) in [6.45, 7) is 2.87. The maximum atomic E-state index is 14.1. The zero-order valence-electron chi connectivity index (χ0n) is 19.6. The fourth-order valence-electron chi connectivity index (χ4n) is 4.14. The van der Waals surface area contributed by atoms with Gasteiger partial charge in [0.05, 0.1) is 17.6 Å². The third kappa shape index (κ3) is 5.10. The molecule has 0 atom stereocenters. The molecule has 192 valence electrons. The van der Waals surface area contributed by atoms with Crippen molar-refractivity contribution in [3.05, 3.63) is 92.8 Å². The first kappa shape index (κ1) is 25.0. The molecular weight excluding hydrogens is 511 g/mol. The summed E-state index contributed by atoms with van der Waals surface area (Å²) < 4.78 is 64.6. The molecule has 0 fully saturated rings. The van der Waals surface area contributed by atoms with Crippen LogP contribution in [0, 0.1) is 0 Å². The molecule has 0 saturated heterocycles. The van der Waals surface area contributed by atoms with E-state index in [9.17, 15) is 18.0 Å². The number of hydrogen-bond donors (Lipinski definition) is 0. The predicted octanol–water partition coefficient (Wildman–Crippen LogP) is 7.01. The maximum absolute atomic E-state index is 14.1. The van der Waals surface area contributed by atoms with Crippen LogP contribution < -0.4 is 19.6 Å². The predicted molar refractivity (Wildman–Crippen MR) is 131 cm³/mol. The molecule has 0 radical (unpaired) electrons. The molecule has 1 aliphatic rings. The Morgan fingerprint density at radius 1 is 1.03 bits per heavy atom. The molecule has 10 heteroatoms. The van der Waals surface area contributed by atoms with Crippen molar-refractivity contribution in [1.29, 1.82) is 0 Å². The van der Waals surface area contributed by atoms with Crippen molar-refractivity contribution in [2.24, 2.45) is 0 Å². The molecule has 0 amide bonds. The van der Waals surface area contributed by atoms with Crippen LogP contribution >= 0.6 is 11.6 Å². The van der Waals surface area contributed by atoms with Gasteiger partial charge >= 0.3 is 6.18 Å². The largest absolute Gasteiger partial charge is 0.490 e. The van der Waals surface area contributed by atoms with Gasteiger partial charge in [-0.15, -0.1) is 0 Å². The molecule has 1 aliphatic heterocycles. The fourth-order valence-corrected chi connectivity index (χ4v) is 4.27. The zero-order valence-corrected chi connectivity index (χ0v) is 20.4. The van der Waals surface area contributed by atoms with Crippen LogP contribution in [0.15, 0.2) is 69.9 Å². The highest BCUT2D eigenvalue weighted by molar-refractivity contribution is 6.30. The third-order valence-corrected chi connectivity index (χ3v) is 6.05. The molecule has 4 aromatic rings. The number of rotatable bonds is 6. The Labute approximate surface area is 214 Å². The quantitative estimate of drug-likeness (QED) is 0.267. The van der Waals surface area contributed by atoms with Crippen molar-refractivity contribution >= 4 is 22.6 Å². The molecule has 6 nitrogen and oxygen atoms in total. The van der Waals surface area contributed by atoms with Crippen molar-refractivity contribution in [1.82, 2.24) is 4.90 Å². The first-order valence-corrected chi connectivity index (χ1v) is 11.8. The normalized spacial score (nSPS) is 13.8. The van der Waals surface area contributed by atoms with Gasteiger partial charge in [0.2, 0.25) is 11.2 Å². The molecule has 2 heterocycles. The van der Waals surface area contributed by atoms with Gasteiger partial charge < -0.3 is 18.6 Å². The second-order valence-corrected chi connectivity index (χ2v) is 8.81. The number of alkyl halides is 3. The van der Waals surface area contributed by atoms with Crippen molar-refractivity contribution in [3.63, 3.8) is 0 Å². The van der Waals surface area contributed by atoms with Crippen molar-refractivity contribution in [2.75, 3.05) is 13.3 Å². The van der Waals surface area contributed by atoms with E-state index in [0.29, 0.717) is 22.9 Å². The summed E-state index contributed by atoms with van der Waals surface area (Å²) in [6.07, 6.45) is -5.00. The number of nitrogens with zero attached hydrogens (tertiary/aromatic N) is 1. The zero-order chi connectivity index (χ0) is 26.2. The summed E-state index contributed by atoms with van der Waals surface area (Å²) in [5.41, 5.74) is 0.151. The van der Waals surface area contributed by atoms with Gasteiger partial charge in [0.1, 0.15) is 18.1 Å². The molecule has 0 unspecified atom stereocenters. The molecule has 3 aromatic carbocycles. The van der Waals surface area contributed by atoms with Gasteiger partial charge in [-0.05, 0) is 48.9 Å². The van der Waals surface area contributed by atoms with Crippen molar-refractivity contribution in [3.8, 4) is 23.0 Å². The molecule has 0 N–H and O–H groups in total. The highest BCUT2D eigenvalue weighted by Crippen LogP contribution is 2.42. The number of hydrogen-bond acceptors (Lipinski definition) is 6. The number of fused-ring (bicyclic) bond motifs is 3. The molecule has 0 aliphatic carbocycles. The van der Waals surface area contributed by atoms with E-state index in [1.807, 2.05) is 17.0 Å². The highest BCUT2D eigenvalue weighted by Gasteiger charge is 2.41. The Kier molecular flexibility index (Phi) is 6.74. The molecule has 0 saturated carbocycles. The van der Waals surface area contributed by atoms with Gasteiger partial charge in [0.25, 0.3) is 5.76 Å². The molecule has 5 rings (SSSR count). The number of ether oxygens (including phenoxy) is 3. The first-order valence-electron chi connectivity index (χ1n) is 11.4.